The average Bonchev–Trinajstić information content (AvgIpc) is 2.66. The van der Waals surface area contributed by atoms with Crippen molar-refractivity contribution < 1.29 is 18.6 Å². The molecule has 160 valence electrons. The van der Waals surface area contributed by atoms with Crippen molar-refractivity contribution in [1.29, 1.82) is 0 Å². The molecule has 0 radical (unpaired) electrons. The zero-order valence-corrected chi connectivity index (χ0v) is 19.1. The lowest BCUT2D eigenvalue weighted by Gasteiger charge is -2.16. The normalized spacial score (nSPS) is 12.3. The van der Waals surface area contributed by atoms with Crippen LogP contribution in [0.5, 0.6) is 5.75 Å². The van der Waals surface area contributed by atoms with Gasteiger partial charge in [0.05, 0.1) is 18.8 Å². The van der Waals surface area contributed by atoms with Crippen molar-refractivity contribution in [2.45, 2.75) is 39.5 Å². The summed E-state index contributed by atoms with van der Waals surface area (Å²) in [7, 11) is 0. The highest BCUT2D eigenvalue weighted by molar-refractivity contribution is 14.0. The highest BCUT2D eigenvalue weighted by Gasteiger charge is 2.10. The number of hydrogen-bond acceptors (Lipinski definition) is 3. The first-order valence-corrected chi connectivity index (χ1v) is 9.29. The van der Waals surface area contributed by atoms with E-state index in [4.69, 9.17) is 4.74 Å². The molecule has 2 aromatic carbocycles. The fourth-order valence-electron chi connectivity index (χ4n) is 2.52. The molecule has 8 heteroatoms. The number of rotatable bonds is 8. The van der Waals surface area contributed by atoms with E-state index in [1.807, 2.05) is 32.9 Å². The molecule has 3 N–H and O–H groups in total. The van der Waals surface area contributed by atoms with Gasteiger partial charge in [-0.15, -0.1) is 24.0 Å². The van der Waals surface area contributed by atoms with Gasteiger partial charge < -0.3 is 20.5 Å². The summed E-state index contributed by atoms with van der Waals surface area (Å²) in [6, 6.07) is 10.5. The molecule has 2 aromatic rings. The minimum Gasteiger partial charge on any atom is -0.491 e. The van der Waals surface area contributed by atoms with Gasteiger partial charge in [-0.25, -0.2) is 13.8 Å². The Morgan fingerprint density at radius 3 is 2.41 bits per heavy atom. The van der Waals surface area contributed by atoms with Gasteiger partial charge in [-0.1, -0.05) is 12.1 Å². The molecule has 0 saturated carbocycles. The van der Waals surface area contributed by atoms with E-state index in [0.29, 0.717) is 12.5 Å². The van der Waals surface area contributed by atoms with Gasteiger partial charge in [0.25, 0.3) is 0 Å². The lowest BCUT2D eigenvalue weighted by molar-refractivity contribution is 0.180. The number of halogens is 3. The lowest BCUT2D eigenvalue weighted by atomic mass is 10.1. The maximum absolute atomic E-state index is 13.7. The predicted molar refractivity (Wildman–Crippen MR) is 122 cm³/mol. The number of aliphatic hydroxyl groups is 1. The summed E-state index contributed by atoms with van der Waals surface area (Å²) in [5.74, 6) is 0.130. The van der Waals surface area contributed by atoms with E-state index < -0.39 is 17.7 Å². The molecule has 0 heterocycles. The van der Waals surface area contributed by atoms with Crippen LogP contribution in [-0.2, 0) is 6.54 Å². The minimum absolute atomic E-state index is 0. The van der Waals surface area contributed by atoms with Crippen molar-refractivity contribution in [2.24, 2.45) is 4.99 Å². The summed E-state index contributed by atoms with van der Waals surface area (Å²) in [4.78, 5) is 4.25. The van der Waals surface area contributed by atoms with Gasteiger partial charge >= 0.3 is 0 Å². The molecule has 0 aliphatic heterocycles. The van der Waals surface area contributed by atoms with Crippen molar-refractivity contribution in [3.63, 3.8) is 0 Å². The van der Waals surface area contributed by atoms with Crippen LogP contribution in [0.2, 0.25) is 0 Å². The smallest absolute Gasteiger partial charge is 0.191 e. The molecular formula is C21H28F2IN3O2. The van der Waals surface area contributed by atoms with Crippen LogP contribution in [0, 0.1) is 11.6 Å². The molecular weight excluding hydrogens is 491 g/mol. The molecule has 0 saturated heterocycles. The highest BCUT2D eigenvalue weighted by atomic mass is 127. The number of nitrogens with zero attached hydrogens (tertiary/aromatic N) is 1. The number of hydrogen-bond donors (Lipinski definition) is 3. The maximum atomic E-state index is 13.7. The van der Waals surface area contributed by atoms with Gasteiger partial charge in [0.1, 0.15) is 17.4 Å². The molecule has 0 spiro atoms. The Balaban J connectivity index is 0.00000420. The molecule has 0 aliphatic carbocycles. The van der Waals surface area contributed by atoms with Crippen LogP contribution in [0.25, 0.3) is 0 Å². The molecule has 29 heavy (non-hydrogen) atoms. The monoisotopic (exact) mass is 519 g/mol. The molecule has 0 aliphatic rings. The summed E-state index contributed by atoms with van der Waals surface area (Å²) in [6.45, 7) is 6.57. The van der Waals surface area contributed by atoms with E-state index in [1.54, 1.807) is 12.1 Å². The van der Waals surface area contributed by atoms with Crippen LogP contribution < -0.4 is 15.4 Å². The van der Waals surface area contributed by atoms with Crippen LogP contribution in [0.1, 0.15) is 38.0 Å². The third kappa shape index (κ3) is 8.53. The molecule has 0 amide bonds. The summed E-state index contributed by atoms with van der Waals surface area (Å²) < 4.78 is 32.6. The Bertz CT molecular complexity index is 786. The molecule has 0 aromatic heterocycles. The topological polar surface area (TPSA) is 65.9 Å². The molecule has 2 rings (SSSR count). The Labute approximate surface area is 187 Å². The van der Waals surface area contributed by atoms with E-state index in [2.05, 4.69) is 15.6 Å². The first kappa shape index (κ1) is 25.1. The fourth-order valence-corrected chi connectivity index (χ4v) is 2.52. The predicted octanol–water partition coefficient (Wildman–Crippen LogP) is 4.16. The zero-order chi connectivity index (χ0) is 20.5. The van der Waals surface area contributed by atoms with Crippen LogP contribution in [-0.4, -0.2) is 30.3 Å². The SMILES string of the molecule is CCNC(=NCc1cc(F)ccc1F)NCC(O)c1ccc(OC(C)C)cc1.I. The van der Waals surface area contributed by atoms with Gasteiger partial charge in [0.15, 0.2) is 5.96 Å². The summed E-state index contributed by atoms with van der Waals surface area (Å²) in [5.41, 5.74) is 0.897. The second-order valence-corrected chi connectivity index (χ2v) is 6.56. The van der Waals surface area contributed by atoms with Gasteiger partial charge in [-0.3, -0.25) is 0 Å². The van der Waals surface area contributed by atoms with Crippen molar-refractivity contribution in [1.82, 2.24) is 10.6 Å². The van der Waals surface area contributed by atoms with Crippen LogP contribution in [0.4, 0.5) is 8.78 Å². The third-order valence-electron chi connectivity index (χ3n) is 3.86. The number of benzene rings is 2. The van der Waals surface area contributed by atoms with E-state index >= 15 is 0 Å². The Hall–Kier alpha value is -1.94. The van der Waals surface area contributed by atoms with Gasteiger partial charge in [0.2, 0.25) is 0 Å². The van der Waals surface area contributed by atoms with Gasteiger partial charge in [-0.2, -0.15) is 0 Å². The standard InChI is InChI=1S/C21H27F2N3O2.HI/c1-4-24-21(25-12-16-11-17(22)7-10-19(16)23)26-13-20(27)15-5-8-18(9-6-15)28-14(2)3;/h5-11,14,20,27H,4,12-13H2,1-3H3,(H2,24,25,26);1H. The second kappa shape index (κ2) is 12.6. The van der Waals surface area contributed by atoms with Crippen molar-refractivity contribution in [3.8, 4) is 5.75 Å². The van der Waals surface area contributed by atoms with Crippen molar-refractivity contribution in [2.75, 3.05) is 13.1 Å². The average molecular weight is 519 g/mol. The van der Waals surface area contributed by atoms with Crippen molar-refractivity contribution in [3.05, 3.63) is 65.2 Å². The van der Waals surface area contributed by atoms with E-state index in [1.165, 1.54) is 0 Å². The highest BCUT2D eigenvalue weighted by Crippen LogP contribution is 2.18. The third-order valence-corrected chi connectivity index (χ3v) is 3.86. The van der Waals surface area contributed by atoms with Gasteiger partial charge in [-0.05, 0) is 56.7 Å². The first-order chi connectivity index (χ1) is 13.4. The molecule has 1 atom stereocenters. The Morgan fingerprint density at radius 2 is 1.79 bits per heavy atom. The van der Waals surface area contributed by atoms with E-state index in [9.17, 15) is 13.9 Å². The zero-order valence-electron chi connectivity index (χ0n) is 16.8. The van der Waals surface area contributed by atoms with E-state index in [0.717, 1.165) is 29.5 Å². The Morgan fingerprint density at radius 1 is 1.10 bits per heavy atom. The number of aliphatic hydroxyl groups excluding tert-OH is 1. The van der Waals surface area contributed by atoms with E-state index in [-0.39, 0.29) is 48.7 Å². The molecule has 0 bridgehead atoms. The summed E-state index contributed by atoms with van der Waals surface area (Å²) >= 11 is 0. The van der Waals surface area contributed by atoms with Crippen LogP contribution in [0.3, 0.4) is 0 Å². The number of ether oxygens (including phenoxy) is 1. The number of guanidine groups is 1. The minimum atomic E-state index is -0.761. The summed E-state index contributed by atoms with van der Waals surface area (Å²) in [6.07, 6.45) is -0.679. The molecule has 0 fully saturated rings. The Kier molecular flexibility index (Phi) is 10.9. The quantitative estimate of drug-likeness (QED) is 0.279. The molecule has 1 unspecified atom stereocenters. The fraction of sp³-hybridized carbons (Fsp3) is 0.381. The first-order valence-electron chi connectivity index (χ1n) is 9.29. The van der Waals surface area contributed by atoms with Crippen LogP contribution in [0.15, 0.2) is 47.5 Å². The summed E-state index contributed by atoms with van der Waals surface area (Å²) in [5, 5.41) is 16.4. The largest absolute Gasteiger partial charge is 0.491 e. The number of nitrogens with one attached hydrogen (secondary N) is 2. The van der Waals surface area contributed by atoms with Gasteiger partial charge in [0, 0.05) is 18.7 Å². The number of aliphatic imine (C=N–C) groups is 1. The lowest BCUT2D eigenvalue weighted by Crippen LogP contribution is -2.39. The second-order valence-electron chi connectivity index (χ2n) is 6.56. The van der Waals surface area contributed by atoms with Crippen molar-refractivity contribution >= 4 is 29.9 Å². The molecule has 5 nitrogen and oxygen atoms in total. The van der Waals surface area contributed by atoms with Crippen LogP contribution >= 0.6 is 24.0 Å². The maximum Gasteiger partial charge on any atom is 0.191 e.